The van der Waals surface area contributed by atoms with E-state index in [1.54, 1.807) is 16.8 Å². The van der Waals surface area contributed by atoms with E-state index in [-0.39, 0.29) is 11.1 Å². The second kappa shape index (κ2) is 7.21. The lowest BCUT2D eigenvalue weighted by atomic mass is 10.1. The van der Waals surface area contributed by atoms with Crippen molar-refractivity contribution < 1.29 is 0 Å². The van der Waals surface area contributed by atoms with E-state index < -0.39 is 0 Å². The Labute approximate surface area is 135 Å². The van der Waals surface area contributed by atoms with Crippen molar-refractivity contribution >= 4 is 0 Å². The van der Waals surface area contributed by atoms with Gasteiger partial charge in [0.2, 0.25) is 0 Å². The van der Waals surface area contributed by atoms with E-state index in [9.17, 15) is 4.79 Å². The van der Waals surface area contributed by atoms with Crippen molar-refractivity contribution in [2.45, 2.75) is 25.8 Å². The number of piperidine rings is 1. The number of pyridine rings is 2. The lowest BCUT2D eigenvalue weighted by Gasteiger charge is -2.27. The van der Waals surface area contributed by atoms with Crippen LogP contribution in [0, 0.1) is 11.3 Å². The van der Waals surface area contributed by atoms with Crippen molar-refractivity contribution in [2.75, 3.05) is 19.6 Å². The number of likely N-dealkylation sites (tertiary alicyclic amines) is 1. The first kappa shape index (κ1) is 15.4. The Hall–Kier alpha value is -2.45. The van der Waals surface area contributed by atoms with Gasteiger partial charge in [-0.05, 0) is 50.2 Å². The molecule has 5 nitrogen and oxygen atoms in total. The number of nitrogens with zero attached hydrogens (tertiary/aromatic N) is 4. The van der Waals surface area contributed by atoms with Crippen molar-refractivity contribution in [2.24, 2.45) is 0 Å². The zero-order valence-corrected chi connectivity index (χ0v) is 13.1. The molecule has 1 saturated heterocycles. The van der Waals surface area contributed by atoms with Gasteiger partial charge < -0.3 is 9.47 Å². The lowest BCUT2D eigenvalue weighted by Crippen LogP contribution is -2.35. The van der Waals surface area contributed by atoms with E-state index in [2.05, 4.69) is 9.88 Å². The molecule has 3 heterocycles. The fraction of sp³-hybridized carbons (Fsp3) is 0.389. The molecule has 118 valence electrons. The molecule has 0 radical (unpaired) electrons. The van der Waals surface area contributed by atoms with Crippen LogP contribution >= 0.6 is 0 Å². The van der Waals surface area contributed by atoms with Gasteiger partial charge in [-0.15, -0.1) is 0 Å². The molecule has 0 N–H and O–H groups in total. The summed E-state index contributed by atoms with van der Waals surface area (Å²) in [7, 11) is 0. The van der Waals surface area contributed by atoms with Crippen LogP contribution in [0.2, 0.25) is 0 Å². The van der Waals surface area contributed by atoms with Crippen molar-refractivity contribution in [1.82, 2.24) is 14.5 Å². The van der Waals surface area contributed by atoms with Crippen molar-refractivity contribution in [3.8, 4) is 17.5 Å². The van der Waals surface area contributed by atoms with Gasteiger partial charge in [-0.1, -0.05) is 12.5 Å². The molecule has 1 fully saturated rings. The van der Waals surface area contributed by atoms with Crippen molar-refractivity contribution in [3.63, 3.8) is 0 Å². The highest BCUT2D eigenvalue weighted by Crippen LogP contribution is 2.16. The number of hydrogen-bond donors (Lipinski definition) is 0. The summed E-state index contributed by atoms with van der Waals surface area (Å²) >= 11 is 0. The Bertz CT molecular complexity index is 755. The van der Waals surface area contributed by atoms with Crippen LogP contribution in [0.4, 0.5) is 0 Å². The molecule has 0 saturated carbocycles. The molecular formula is C18H20N4O. The smallest absolute Gasteiger partial charge is 0.269 e. The summed E-state index contributed by atoms with van der Waals surface area (Å²) < 4.78 is 1.69. The molecule has 0 unspecified atom stereocenters. The predicted octanol–water partition coefficient (Wildman–Crippen LogP) is 2.27. The third-order valence-electron chi connectivity index (χ3n) is 4.31. The minimum atomic E-state index is -0.229. The maximum Gasteiger partial charge on any atom is 0.269 e. The van der Waals surface area contributed by atoms with Gasteiger partial charge in [0.15, 0.2) is 0 Å². The molecule has 3 rings (SSSR count). The molecule has 0 spiro atoms. The predicted molar refractivity (Wildman–Crippen MR) is 88.9 cm³/mol. The zero-order valence-electron chi connectivity index (χ0n) is 13.1. The molecule has 2 aromatic rings. The molecule has 2 aromatic heterocycles. The monoisotopic (exact) mass is 308 g/mol. The van der Waals surface area contributed by atoms with Crippen LogP contribution in [-0.4, -0.2) is 34.1 Å². The van der Waals surface area contributed by atoms with E-state index in [1.165, 1.54) is 19.3 Å². The van der Waals surface area contributed by atoms with Crippen LogP contribution in [0.25, 0.3) is 11.4 Å². The molecule has 0 aromatic carbocycles. The number of nitriles is 1. The molecule has 0 amide bonds. The molecule has 1 aliphatic rings. The van der Waals surface area contributed by atoms with Crippen LogP contribution in [0.15, 0.2) is 41.3 Å². The molecule has 23 heavy (non-hydrogen) atoms. The first-order chi connectivity index (χ1) is 11.3. The highest BCUT2D eigenvalue weighted by atomic mass is 16.1. The van der Waals surface area contributed by atoms with Gasteiger partial charge in [-0.25, -0.2) is 0 Å². The normalized spacial score (nSPS) is 15.3. The quantitative estimate of drug-likeness (QED) is 0.869. The standard InChI is InChI=1S/C18H20N4O/c19-14-15-7-8-17(16-6-2-3-9-20-16)22(18(15)23)13-12-21-10-4-1-5-11-21/h2-3,6-9H,1,4-5,10-13H2. The highest BCUT2D eigenvalue weighted by Gasteiger charge is 2.14. The highest BCUT2D eigenvalue weighted by molar-refractivity contribution is 5.55. The SMILES string of the molecule is N#Cc1ccc(-c2ccccn2)n(CCN2CCCCC2)c1=O. The minimum Gasteiger partial charge on any atom is -0.304 e. The Kier molecular flexibility index (Phi) is 4.84. The third-order valence-corrected chi connectivity index (χ3v) is 4.31. The van der Waals surface area contributed by atoms with E-state index in [0.29, 0.717) is 6.54 Å². The van der Waals surface area contributed by atoms with Crippen molar-refractivity contribution in [3.05, 3.63) is 52.4 Å². The first-order valence-corrected chi connectivity index (χ1v) is 8.07. The van der Waals surface area contributed by atoms with E-state index in [0.717, 1.165) is 31.0 Å². The Morgan fingerprint density at radius 2 is 1.91 bits per heavy atom. The maximum atomic E-state index is 12.6. The molecular weight excluding hydrogens is 288 g/mol. The lowest BCUT2D eigenvalue weighted by molar-refractivity contribution is 0.220. The molecule has 0 bridgehead atoms. The molecule has 5 heteroatoms. The largest absolute Gasteiger partial charge is 0.304 e. The zero-order chi connectivity index (χ0) is 16.1. The summed E-state index contributed by atoms with van der Waals surface area (Å²) in [5.41, 5.74) is 1.48. The van der Waals surface area contributed by atoms with Gasteiger partial charge in [0, 0.05) is 19.3 Å². The molecule has 0 atom stereocenters. The Morgan fingerprint density at radius 3 is 2.61 bits per heavy atom. The fourth-order valence-corrected chi connectivity index (χ4v) is 3.05. The van der Waals surface area contributed by atoms with Gasteiger partial charge in [-0.2, -0.15) is 5.26 Å². The van der Waals surface area contributed by atoms with Gasteiger partial charge in [-0.3, -0.25) is 9.78 Å². The van der Waals surface area contributed by atoms with Gasteiger partial charge in [0.05, 0.1) is 11.4 Å². The van der Waals surface area contributed by atoms with E-state index in [4.69, 9.17) is 5.26 Å². The summed E-state index contributed by atoms with van der Waals surface area (Å²) in [6.45, 7) is 3.59. The number of aromatic nitrogens is 2. The number of hydrogen-bond acceptors (Lipinski definition) is 4. The first-order valence-electron chi connectivity index (χ1n) is 8.07. The van der Waals surface area contributed by atoms with Crippen LogP contribution in [0.3, 0.4) is 0 Å². The maximum absolute atomic E-state index is 12.6. The second-order valence-corrected chi connectivity index (χ2v) is 5.82. The number of rotatable bonds is 4. The van der Waals surface area contributed by atoms with Gasteiger partial charge in [0.25, 0.3) is 5.56 Å². The van der Waals surface area contributed by atoms with Gasteiger partial charge in [0.1, 0.15) is 11.6 Å². The summed E-state index contributed by atoms with van der Waals surface area (Å²) in [6, 6.07) is 11.0. The van der Waals surface area contributed by atoms with Crippen LogP contribution in [0.5, 0.6) is 0 Å². The Morgan fingerprint density at radius 1 is 1.09 bits per heavy atom. The Balaban J connectivity index is 1.92. The van der Waals surface area contributed by atoms with Crippen LogP contribution in [-0.2, 0) is 6.54 Å². The summed E-state index contributed by atoms with van der Waals surface area (Å²) in [5.74, 6) is 0. The second-order valence-electron chi connectivity index (χ2n) is 5.82. The van der Waals surface area contributed by atoms with E-state index in [1.807, 2.05) is 30.3 Å². The van der Waals surface area contributed by atoms with Crippen molar-refractivity contribution in [1.29, 1.82) is 5.26 Å². The fourth-order valence-electron chi connectivity index (χ4n) is 3.05. The van der Waals surface area contributed by atoms with Gasteiger partial charge >= 0.3 is 0 Å². The van der Waals surface area contributed by atoms with E-state index >= 15 is 0 Å². The van der Waals surface area contributed by atoms with Crippen LogP contribution in [0.1, 0.15) is 24.8 Å². The average Bonchev–Trinajstić information content (AvgIpc) is 2.62. The average molecular weight is 308 g/mol. The minimum absolute atomic E-state index is 0.184. The molecule has 1 aliphatic heterocycles. The van der Waals surface area contributed by atoms with Crippen LogP contribution < -0.4 is 5.56 Å². The summed E-state index contributed by atoms with van der Waals surface area (Å²) in [4.78, 5) is 19.3. The topological polar surface area (TPSA) is 61.9 Å². The third kappa shape index (κ3) is 3.49. The summed E-state index contributed by atoms with van der Waals surface area (Å²) in [6.07, 6.45) is 5.45. The molecule has 0 aliphatic carbocycles. The summed E-state index contributed by atoms with van der Waals surface area (Å²) in [5, 5.41) is 9.13.